The molecule has 0 amide bonds. The Labute approximate surface area is 510 Å². The number of aromatic carboxylic acids is 1. The maximum Gasteiger partial charge on any atom is 2.00 e. The Hall–Kier alpha value is -7.85. The molecule has 8 aromatic rings. The fourth-order valence-corrected chi connectivity index (χ4v) is 20.6. The maximum atomic E-state index is 11.8. The van der Waals surface area contributed by atoms with Crippen molar-refractivity contribution in [1.82, 2.24) is 39.9 Å². The average molecular weight is 1210 g/mol. The summed E-state index contributed by atoms with van der Waals surface area (Å²) in [5.74, 6) is 9.86. The van der Waals surface area contributed by atoms with Crippen LogP contribution in [0.5, 0.6) is 46.0 Å². The van der Waals surface area contributed by atoms with Crippen molar-refractivity contribution in [1.29, 1.82) is 0 Å². The smallest absolute Gasteiger partial charge is 0.478 e. The summed E-state index contributed by atoms with van der Waals surface area (Å²) < 4.78 is 49.5. The summed E-state index contributed by atoms with van der Waals surface area (Å²) >= 11 is 0. The van der Waals surface area contributed by atoms with Crippen molar-refractivity contribution in [2.75, 3.05) is 0 Å². The Kier molecular flexibility index (Phi) is 9.41. The summed E-state index contributed by atoms with van der Waals surface area (Å²) in [5, 5.41) is 12.6. The van der Waals surface area contributed by atoms with Gasteiger partial charge in [0.1, 0.15) is 11.5 Å². The second-order valence-corrected chi connectivity index (χ2v) is 28.3. The van der Waals surface area contributed by atoms with Crippen molar-refractivity contribution in [2.24, 2.45) is 71.0 Å². The molecule has 17 aliphatic rings. The van der Waals surface area contributed by atoms with Crippen LogP contribution in [-0.2, 0) is 19.5 Å². The molecule has 12 aliphatic carbocycles. The molecule has 0 saturated heterocycles. The molecule has 1 N–H and O–H groups in total. The molecule has 5 aliphatic heterocycles. The summed E-state index contributed by atoms with van der Waals surface area (Å²) in [6.45, 7) is 0. The number of aromatic nitrogens is 8. The molecule has 0 atom stereocenters. The van der Waals surface area contributed by atoms with E-state index in [9.17, 15) is 9.90 Å². The quantitative estimate of drug-likeness (QED) is 0.163. The van der Waals surface area contributed by atoms with Crippen molar-refractivity contribution in [3.8, 4) is 91.5 Å². The first-order chi connectivity index (χ1) is 42.1. The third-order valence-electron chi connectivity index (χ3n) is 23.6. The van der Waals surface area contributed by atoms with Gasteiger partial charge in [-0.25, -0.2) is 14.8 Å². The number of nitrogens with zero attached hydrogens (tertiary/aromatic N) is 8. The van der Waals surface area contributed by atoms with Crippen LogP contribution < -0.4 is 43.1 Å². The number of benzene rings is 5. The van der Waals surface area contributed by atoms with Crippen LogP contribution in [0.4, 0.5) is 0 Å². The van der Waals surface area contributed by atoms with Crippen molar-refractivity contribution in [3.63, 3.8) is 0 Å². The number of hydrogen-bond acceptors (Lipinski definition) is 14. The van der Waals surface area contributed by atoms with Gasteiger partial charge in [0.25, 0.3) is 17.4 Å². The van der Waals surface area contributed by atoms with Gasteiger partial charge in [0.15, 0.2) is 34.5 Å². The van der Waals surface area contributed by atoms with Gasteiger partial charge in [0.05, 0.1) is 28.9 Å². The van der Waals surface area contributed by atoms with Gasteiger partial charge in [-0.15, -0.1) is 0 Å². The summed E-state index contributed by atoms with van der Waals surface area (Å²) in [5.41, 5.74) is 4.63. The van der Waals surface area contributed by atoms with Gasteiger partial charge in [-0.2, -0.15) is 0 Å². The molecule has 17 nitrogen and oxygen atoms in total. The SMILES string of the molecule is O=C(O)c1ccc(Oc2ccc3c(c2)-c2nc-3nc3[n-]c(nc4nc(nc5[n-]c(n2)c2cc6c(cc52)OC2(O6)C5CC6CC(C5)CC2C6)-c2cc5c(cc2-4)OC2(O5)C4CC5CC(C4)CC2C5)c2cc4c(cc32)OC2(O4)C3CC4CC(C3)CC2C4)cc1.[Zn+2]. The molecule has 20 bridgehead atoms. The Morgan fingerprint density at radius 2 is 0.678 bits per heavy atom. The molecule has 8 heterocycles. The number of carbonyl (C=O) groups is 1. The first-order valence-corrected chi connectivity index (χ1v) is 31.6. The minimum absolute atomic E-state index is 0. The number of fused-ring (bicyclic) bond motifs is 23. The van der Waals surface area contributed by atoms with E-state index in [0.29, 0.717) is 139 Å². The Morgan fingerprint density at radius 1 is 0.379 bits per heavy atom. The third kappa shape index (κ3) is 6.65. The minimum Gasteiger partial charge on any atom is -0.478 e. The largest absolute Gasteiger partial charge is 2.00 e. The van der Waals surface area contributed by atoms with Crippen LogP contribution >= 0.6 is 0 Å². The molecule has 25 rings (SSSR count). The topological polar surface area (TPSA) is 207 Å². The Bertz CT molecular complexity index is 4570. The number of rotatable bonds is 3. The predicted octanol–water partition coefficient (Wildman–Crippen LogP) is 13.4. The second kappa shape index (κ2) is 16.7. The molecule has 3 spiro atoms. The molecule has 12 fully saturated rings. The minimum atomic E-state index is -1.02. The summed E-state index contributed by atoms with van der Waals surface area (Å²) in [6.07, 6.45) is 17.4. The van der Waals surface area contributed by atoms with Crippen LogP contribution in [0.3, 0.4) is 0 Å². The first-order valence-electron chi connectivity index (χ1n) is 31.6. The van der Waals surface area contributed by atoms with Crippen LogP contribution in [0.1, 0.15) is 107 Å². The maximum absolute atomic E-state index is 11.8. The Morgan fingerprint density at radius 3 is 1.01 bits per heavy atom. The molecule has 0 unspecified atom stereocenters. The zero-order valence-corrected chi connectivity index (χ0v) is 50.5. The third-order valence-corrected chi connectivity index (χ3v) is 23.6. The Balaban J connectivity index is 0.00000520. The molecule has 5 aromatic carbocycles. The second-order valence-electron chi connectivity index (χ2n) is 28.3. The molecular weight excluding hydrogens is 1150 g/mol. The van der Waals surface area contributed by atoms with Gasteiger partial charge >= 0.3 is 25.4 Å². The first kappa shape index (κ1) is 49.2. The summed E-state index contributed by atoms with van der Waals surface area (Å²) in [6, 6.07) is 24.3. The van der Waals surface area contributed by atoms with Gasteiger partial charge in [-0.1, -0.05) is 0 Å². The van der Waals surface area contributed by atoms with E-state index in [2.05, 4.69) is 12.1 Å². The summed E-state index contributed by atoms with van der Waals surface area (Å²) in [7, 11) is 0. The van der Waals surface area contributed by atoms with Crippen molar-refractivity contribution < 1.29 is 62.5 Å². The number of carboxylic acids is 1. The van der Waals surface area contributed by atoms with Crippen LogP contribution in [0.25, 0.3) is 89.7 Å². The zero-order chi connectivity index (χ0) is 55.8. The molecular formula is C69H56N8O9Zn. The van der Waals surface area contributed by atoms with Crippen molar-refractivity contribution in [2.45, 2.75) is 114 Å². The van der Waals surface area contributed by atoms with E-state index in [4.69, 9.17) is 73.0 Å². The standard InChI is InChI=1S/C69H57N8O9.Zn/c78-66(79)35-1-3-42(4-2-35)80-43-5-6-44-45(22-43)59-70-58(44)71-60-46-23-52-53(82-67(81-52)36-10-29-7-30(12-36)13-37(67)11-29)24-47(46)62(73-60)75-64-50-27-56-57(86-69(85-56)40-18-33-9-34(20-40)21-41(69)19-33)28-51(50)65(77-64)76-63-49-26-55-54(25-48(49)61(72-59)74-63)83-68(84-55)38-14-31-8-32(16-38)17-39(68)15-31;/h1-6,22-34,36-41H,7-21H2,(H2-,70,71,72,73,74,75,76,77,78,79);/q-1;+2/p-1. The number of hydrogen-bond donors (Lipinski definition) is 1. The molecule has 18 heteroatoms. The van der Waals surface area contributed by atoms with E-state index in [-0.39, 0.29) is 25.0 Å². The molecule has 3 aromatic heterocycles. The van der Waals surface area contributed by atoms with Crippen molar-refractivity contribution in [3.05, 3.63) is 84.4 Å². The van der Waals surface area contributed by atoms with Gasteiger partial charge in [-0.05, 0) is 232 Å². The van der Waals surface area contributed by atoms with E-state index in [0.717, 1.165) is 145 Å². The van der Waals surface area contributed by atoms with E-state index in [1.54, 1.807) is 12.1 Å². The molecule has 12 saturated carbocycles. The monoisotopic (exact) mass is 1200 g/mol. The van der Waals surface area contributed by atoms with Crippen LogP contribution in [0, 0.1) is 71.0 Å². The predicted molar refractivity (Wildman–Crippen MR) is 311 cm³/mol. The zero-order valence-electron chi connectivity index (χ0n) is 47.5. The van der Waals surface area contributed by atoms with Gasteiger partial charge in [0.2, 0.25) is 0 Å². The van der Waals surface area contributed by atoms with E-state index >= 15 is 0 Å². The van der Waals surface area contributed by atoms with Gasteiger partial charge in [-0.3, -0.25) is 0 Å². The average Bonchev–Trinajstić information content (AvgIpc) is 1.74. The molecule has 87 heavy (non-hydrogen) atoms. The molecule has 0 radical (unpaired) electrons. The van der Waals surface area contributed by atoms with Crippen LogP contribution in [0.2, 0.25) is 0 Å². The van der Waals surface area contributed by atoms with Gasteiger partial charge < -0.3 is 68.2 Å². The van der Waals surface area contributed by atoms with E-state index < -0.39 is 23.3 Å². The number of ether oxygens (including phenoxy) is 7. The van der Waals surface area contributed by atoms with E-state index in [1.165, 1.54) is 31.4 Å². The van der Waals surface area contributed by atoms with E-state index in [1.807, 2.05) is 42.5 Å². The van der Waals surface area contributed by atoms with Gasteiger partial charge in [0, 0.05) is 80.3 Å². The number of carboxylic acid groups (broad SMARTS) is 1. The normalized spacial score (nSPS) is 34.2. The molecule has 428 valence electrons. The fraction of sp³-hybridized carbons (Fsp3) is 0.435. The summed E-state index contributed by atoms with van der Waals surface area (Å²) in [4.78, 5) is 54.8. The fourth-order valence-electron chi connectivity index (χ4n) is 20.6. The van der Waals surface area contributed by atoms with Crippen LogP contribution in [-0.4, -0.2) is 58.3 Å². The van der Waals surface area contributed by atoms with Crippen molar-refractivity contribution >= 4 is 50.1 Å². The van der Waals surface area contributed by atoms with Crippen LogP contribution in [0.15, 0.2) is 78.9 Å².